The van der Waals surface area contributed by atoms with Crippen molar-refractivity contribution in [3.05, 3.63) is 12.7 Å². The molecule has 0 saturated carbocycles. The number of nitrogens with zero attached hydrogens (tertiary/aromatic N) is 5. The zero-order valence-corrected chi connectivity index (χ0v) is 14.1. The molecule has 0 aromatic carbocycles. The van der Waals surface area contributed by atoms with Crippen LogP contribution < -0.4 is 5.73 Å². The number of rotatable bonds is 4. The number of ketones is 1. The van der Waals surface area contributed by atoms with E-state index in [1.54, 1.807) is 13.3 Å². The Labute approximate surface area is 140 Å². The fourth-order valence-corrected chi connectivity index (χ4v) is 3.60. The number of nitrogen functional groups attached to an aromatic ring is 1. The molecule has 2 aromatic rings. The van der Waals surface area contributed by atoms with Crippen LogP contribution in [0.2, 0.25) is 0 Å². The van der Waals surface area contributed by atoms with Crippen LogP contribution in [-0.2, 0) is 9.53 Å². The van der Waals surface area contributed by atoms with E-state index >= 15 is 0 Å². The van der Waals surface area contributed by atoms with Crippen molar-refractivity contribution in [2.45, 2.75) is 39.1 Å². The number of nitrogens with two attached hydrogens (primary N) is 1. The highest BCUT2D eigenvalue weighted by Crippen LogP contribution is 2.41. The van der Waals surface area contributed by atoms with Gasteiger partial charge in [0.15, 0.2) is 11.5 Å². The Bertz CT molecular complexity index is 790. The molecule has 128 valence electrons. The van der Waals surface area contributed by atoms with Crippen LogP contribution in [0.25, 0.3) is 11.2 Å². The molecular weight excluding hydrogens is 308 g/mol. The first-order chi connectivity index (χ1) is 11.5. The molecule has 2 aromatic heterocycles. The van der Waals surface area contributed by atoms with Gasteiger partial charge >= 0.3 is 0 Å². The first kappa shape index (κ1) is 15.5. The number of carbonyl (C=O) groups excluding carboxylic acids is 1. The maximum Gasteiger partial charge on any atom is 0.167 e. The van der Waals surface area contributed by atoms with Crippen molar-refractivity contribution in [2.75, 3.05) is 18.8 Å². The summed E-state index contributed by atoms with van der Waals surface area (Å²) in [4.78, 5) is 26.2. The molecule has 3 unspecified atom stereocenters. The quantitative estimate of drug-likeness (QED) is 0.830. The molecule has 2 saturated heterocycles. The Morgan fingerprint density at radius 3 is 2.83 bits per heavy atom. The Kier molecular flexibility index (Phi) is 3.54. The Morgan fingerprint density at radius 1 is 1.33 bits per heavy atom. The summed E-state index contributed by atoms with van der Waals surface area (Å²) >= 11 is 0. The van der Waals surface area contributed by atoms with Crippen molar-refractivity contribution in [2.24, 2.45) is 11.8 Å². The van der Waals surface area contributed by atoms with E-state index in [-0.39, 0.29) is 24.2 Å². The summed E-state index contributed by atoms with van der Waals surface area (Å²) < 4.78 is 8.27. The number of Topliss-reactive ketones (excluding diaryl/α,β-unsaturated/α-hetero) is 1. The van der Waals surface area contributed by atoms with Crippen LogP contribution in [0.3, 0.4) is 0 Å². The number of imidazole rings is 1. The smallest absolute Gasteiger partial charge is 0.167 e. The van der Waals surface area contributed by atoms with Crippen LogP contribution in [0.5, 0.6) is 0 Å². The van der Waals surface area contributed by atoms with Crippen LogP contribution in [0.15, 0.2) is 12.7 Å². The van der Waals surface area contributed by atoms with E-state index in [9.17, 15) is 4.79 Å². The van der Waals surface area contributed by atoms with Gasteiger partial charge in [0.2, 0.25) is 0 Å². The fraction of sp³-hybridized carbons (Fsp3) is 0.625. The lowest BCUT2D eigenvalue weighted by Crippen LogP contribution is -2.27. The zero-order chi connectivity index (χ0) is 17.0. The van der Waals surface area contributed by atoms with E-state index in [2.05, 4.69) is 33.7 Å². The summed E-state index contributed by atoms with van der Waals surface area (Å²) in [5, 5.41) is 0. The second-order valence-electron chi connectivity index (χ2n) is 6.95. The van der Waals surface area contributed by atoms with Gasteiger partial charge in [0.05, 0.1) is 18.5 Å². The van der Waals surface area contributed by atoms with Crippen LogP contribution >= 0.6 is 0 Å². The van der Waals surface area contributed by atoms with E-state index in [4.69, 9.17) is 10.5 Å². The fourth-order valence-electron chi connectivity index (χ4n) is 3.60. The molecule has 6 atom stereocenters. The number of aromatic nitrogens is 4. The Morgan fingerprint density at radius 2 is 2.12 bits per heavy atom. The maximum atomic E-state index is 11.4. The van der Waals surface area contributed by atoms with Crippen molar-refractivity contribution in [3.8, 4) is 0 Å². The van der Waals surface area contributed by atoms with E-state index in [1.165, 1.54) is 6.33 Å². The molecule has 0 bridgehead atoms. The molecule has 0 spiro atoms. The monoisotopic (exact) mass is 330 g/mol. The van der Waals surface area contributed by atoms with E-state index < -0.39 is 0 Å². The summed E-state index contributed by atoms with van der Waals surface area (Å²) in [6.07, 6.45) is 3.12. The predicted molar refractivity (Wildman–Crippen MR) is 88.0 cm³/mol. The van der Waals surface area contributed by atoms with Crippen molar-refractivity contribution in [3.63, 3.8) is 0 Å². The minimum atomic E-state index is -0.139. The van der Waals surface area contributed by atoms with E-state index in [0.717, 1.165) is 13.1 Å². The number of hydrogen-bond donors (Lipinski definition) is 1. The number of hydrogen-bond acceptors (Lipinski definition) is 7. The SMILES string of the molecule is CC(=O)C1CN1C[C@H]1O[C@@H](n2cnc3c(N)ncnc32)C(C)[C@H]1C. The molecule has 2 N–H and O–H groups in total. The van der Waals surface area contributed by atoms with Gasteiger partial charge in [-0.1, -0.05) is 13.8 Å². The second kappa shape index (κ2) is 5.49. The van der Waals surface area contributed by atoms with Crippen molar-refractivity contribution >= 4 is 22.8 Å². The van der Waals surface area contributed by atoms with Crippen LogP contribution in [-0.4, -0.2) is 55.4 Å². The largest absolute Gasteiger partial charge is 0.382 e. The molecule has 2 aliphatic rings. The van der Waals surface area contributed by atoms with Gasteiger partial charge in [0.25, 0.3) is 0 Å². The molecule has 8 heteroatoms. The summed E-state index contributed by atoms with van der Waals surface area (Å²) in [7, 11) is 0. The third kappa shape index (κ3) is 2.37. The Balaban J connectivity index is 1.56. The number of carbonyl (C=O) groups is 1. The third-order valence-corrected chi connectivity index (χ3v) is 5.44. The van der Waals surface area contributed by atoms with Gasteiger partial charge in [-0.05, 0) is 12.8 Å². The molecule has 0 aliphatic carbocycles. The molecule has 2 aliphatic heterocycles. The lowest BCUT2D eigenvalue weighted by molar-refractivity contribution is -0.117. The van der Waals surface area contributed by atoms with Crippen molar-refractivity contribution in [1.82, 2.24) is 24.4 Å². The first-order valence-electron chi connectivity index (χ1n) is 8.30. The lowest BCUT2D eigenvalue weighted by Gasteiger charge is -2.18. The molecule has 8 nitrogen and oxygen atoms in total. The van der Waals surface area contributed by atoms with Gasteiger partial charge in [-0.2, -0.15) is 0 Å². The predicted octanol–water partition coefficient (Wildman–Crippen LogP) is 0.851. The molecule has 4 rings (SSSR count). The molecular formula is C16H22N6O2. The van der Waals surface area contributed by atoms with Gasteiger partial charge in [-0.25, -0.2) is 15.0 Å². The summed E-state index contributed by atoms with van der Waals surface area (Å²) in [5.74, 6) is 1.29. The normalized spacial score (nSPS) is 35.5. The highest BCUT2D eigenvalue weighted by molar-refractivity contribution is 5.84. The van der Waals surface area contributed by atoms with Crippen molar-refractivity contribution in [1.29, 1.82) is 0 Å². The third-order valence-electron chi connectivity index (χ3n) is 5.44. The average Bonchev–Trinajstić information content (AvgIpc) is 3.11. The maximum absolute atomic E-state index is 11.4. The minimum absolute atomic E-state index is 0.0803. The van der Waals surface area contributed by atoms with Gasteiger partial charge in [0.1, 0.15) is 23.9 Å². The molecule has 24 heavy (non-hydrogen) atoms. The average molecular weight is 330 g/mol. The number of ether oxygens (including phenoxy) is 1. The first-order valence-corrected chi connectivity index (χ1v) is 8.30. The summed E-state index contributed by atoms with van der Waals surface area (Å²) in [5.41, 5.74) is 7.17. The Hall–Kier alpha value is -2.06. The van der Waals surface area contributed by atoms with Crippen LogP contribution in [0.4, 0.5) is 5.82 Å². The summed E-state index contributed by atoms with van der Waals surface area (Å²) in [6, 6.07) is 0.0803. The highest BCUT2D eigenvalue weighted by atomic mass is 16.5. The molecule has 4 heterocycles. The molecule has 0 amide bonds. The lowest BCUT2D eigenvalue weighted by atomic mass is 9.92. The van der Waals surface area contributed by atoms with E-state index in [0.29, 0.717) is 28.8 Å². The minimum Gasteiger partial charge on any atom is -0.382 e. The highest BCUT2D eigenvalue weighted by Gasteiger charge is 2.46. The van der Waals surface area contributed by atoms with Gasteiger partial charge < -0.3 is 10.5 Å². The molecule has 2 fully saturated rings. The topological polar surface area (TPSA) is 98.9 Å². The second-order valence-corrected chi connectivity index (χ2v) is 6.95. The van der Waals surface area contributed by atoms with Gasteiger partial charge in [-0.3, -0.25) is 14.3 Å². The standard InChI is InChI=1S/C16H22N6O2/c1-8-9(2)16(24-12(8)5-21-4-11(21)10(3)23)22-7-20-13-14(17)18-6-19-15(13)22/h6-9,11-12,16H,4-5H2,1-3H3,(H2,17,18,19)/t8-,9?,11?,12-,16-,21?/m1/s1. The zero-order valence-electron chi connectivity index (χ0n) is 14.1. The van der Waals surface area contributed by atoms with Gasteiger partial charge in [0, 0.05) is 19.0 Å². The van der Waals surface area contributed by atoms with Crippen LogP contribution in [0.1, 0.15) is 27.0 Å². The summed E-state index contributed by atoms with van der Waals surface area (Å²) in [6.45, 7) is 7.66. The van der Waals surface area contributed by atoms with Crippen molar-refractivity contribution < 1.29 is 9.53 Å². The van der Waals surface area contributed by atoms with Crippen LogP contribution in [0, 0.1) is 11.8 Å². The molecule has 0 radical (unpaired) electrons. The van der Waals surface area contributed by atoms with Gasteiger partial charge in [-0.15, -0.1) is 0 Å². The number of anilines is 1. The number of fused-ring (bicyclic) bond motifs is 1. The van der Waals surface area contributed by atoms with E-state index in [1.807, 2.05) is 4.57 Å².